The number of carbonyl (C=O) groups excluding carboxylic acids is 2. The van der Waals surface area contributed by atoms with Gasteiger partial charge in [-0.3, -0.25) is 14.2 Å². The van der Waals surface area contributed by atoms with Gasteiger partial charge in [-0.25, -0.2) is 4.79 Å². The van der Waals surface area contributed by atoms with Crippen molar-refractivity contribution in [2.45, 2.75) is 53.0 Å². The normalized spacial score (nSPS) is 18.2. The van der Waals surface area contributed by atoms with Crippen molar-refractivity contribution in [1.29, 1.82) is 0 Å². The van der Waals surface area contributed by atoms with E-state index in [0.29, 0.717) is 30.8 Å². The highest BCUT2D eigenvalue weighted by molar-refractivity contribution is 5.94. The fourth-order valence-corrected chi connectivity index (χ4v) is 4.68. The molecule has 0 unspecified atom stereocenters. The zero-order chi connectivity index (χ0) is 22.9. The molecule has 1 fully saturated rings. The van der Waals surface area contributed by atoms with Gasteiger partial charge in [0.1, 0.15) is 5.69 Å². The summed E-state index contributed by atoms with van der Waals surface area (Å²) in [6, 6.07) is 0. The first kappa shape index (κ1) is 22.5. The third kappa shape index (κ3) is 4.57. The summed E-state index contributed by atoms with van der Waals surface area (Å²) in [5.74, 6) is -0.436. The largest absolute Gasteiger partial charge is 0.461 e. The van der Waals surface area contributed by atoms with Crippen LogP contribution in [0.2, 0.25) is 0 Å². The Hall–Kier alpha value is -2.68. The number of fused-ring (bicyclic) bond motifs is 1. The number of nitrogens with zero attached hydrogens (tertiary/aromatic N) is 4. The Balaban J connectivity index is 1.55. The molecule has 1 N–H and O–H groups in total. The van der Waals surface area contributed by atoms with Gasteiger partial charge in [-0.15, -0.1) is 0 Å². The van der Waals surface area contributed by atoms with E-state index in [1.54, 1.807) is 17.9 Å². The minimum absolute atomic E-state index is 0.00638. The molecule has 9 nitrogen and oxygen atoms in total. The van der Waals surface area contributed by atoms with E-state index in [1.165, 1.54) is 6.20 Å². The van der Waals surface area contributed by atoms with E-state index >= 15 is 0 Å². The molecule has 2 aliphatic heterocycles. The van der Waals surface area contributed by atoms with Crippen molar-refractivity contribution in [3.05, 3.63) is 34.9 Å². The average Bonchev–Trinajstić information content (AvgIpc) is 3.31. The van der Waals surface area contributed by atoms with Gasteiger partial charge in [-0.2, -0.15) is 10.2 Å². The Kier molecular flexibility index (Phi) is 6.11. The van der Waals surface area contributed by atoms with Crippen molar-refractivity contribution in [2.24, 2.45) is 17.9 Å². The fraction of sp³-hybridized carbons (Fsp3) is 0.652. The summed E-state index contributed by atoms with van der Waals surface area (Å²) in [6.07, 6.45) is 6.42. The van der Waals surface area contributed by atoms with E-state index in [4.69, 9.17) is 14.6 Å². The molecule has 0 saturated carbocycles. The van der Waals surface area contributed by atoms with Crippen LogP contribution >= 0.6 is 0 Å². The van der Waals surface area contributed by atoms with Crippen LogP contribution in [0.1, 0.15) is 65.7 Å². The Morgan fingerprint density at radius 2 is 2.09 bits per heavy atom. The summed E-state index contributed by atoms with van der Waals surface area (Å²) in [4.78, 5) is 25.4. The third-order valence-electron chi connectivity index (χ3n) is 6.56. The second kappa shape index (κ2) is 8.69. The summed E-state index contributed by atoms with van der Waals surface area (Å²) >= 11 is 0. The average molecular weight is 444 g/mol. The molecule has 0 bridgehead atoms. The van der Waals surface area contributed by atoms with Gasteiger partial charge in [0, 0.05) is 56.9 Å². The Morgan fingerprint density at radius 3 is 2.75 bits per heavy atom. The lowest BCUT2D eigenvalue weighted by atomic mass is 9.74. The lowest BCUT2D eigenvalue weighted by Gasteiger charge is -2.36. The lowest BCUT2D eigenvalue weighted by molar-refractivity contribution is 0.0159. The smallest absolute Gasteiger partial charge is 0.341 e. The van der Waals surface area contributed by atoms with Crippen molar-refractivity contribution in [2.75, 3.05) is 26.4 Å². The lowest BCUT2D eigenvalue weighted by Crippen LogP contribution is -2.40. The summed E-state index contributed by atoms with van der Waals surface area (Å²) in [6.45, 7) is 9.10. The zero-order valence-electron chi connectivity index (χ0n) is 19.4. The quantitative estimate of drug-likeness (QED) is 0.687. The minimum Gasteiger partial charge on any atom is -0.461 e. The van der Waals surface area contributed by atoms with Crippen LogP contribution in [0, 0.1) is 10.8 Å². The predicted octanol–water partition coefficient (Wildman–Crippen LogP) is 2.14. The molecular formula is C23H33N5O4. The molecule has 2 aromatic rings. The first-order valence-electron chi connectivity index (χ1n) is 11.3. The van der Waals surface area contributed by atoms with Crippen molar-refractivity contribution in [3.8, 4) is 0 Å². The Labute approximate surface area is 188 Å². The predicted molar refractivity (Wildman–Crippen MR) is 117 cm³/mol. The highest BCUT2D eigenvalue weighted by Gasteiger charge is 2.40. The molecule has 2 aliphatic rings. The van der Waals surface area contributed by atoms with Crippen LogP contribution in [0.3, 0.4) is 0 Å². The highest BCUT2D eigenvalue weighted by Crippen LogP contribution is 2.38. The molecular weight excluding hydrogens is 410 g/mol. The Bertz CT molecular complexity index is 1000. The van der Waals surface area contributed by atoms with E-state index in [1.807, 2.05) is 11.6 Å². The van der Waals surface area contributed by atoms with Crippen LogP contribution < -0.4 is 5.32 Å². The first-order chi connectivity index (χ1) is 15.2. The standard InChI is InChI=1S/C23H33N5O4/c1-5-28-19-17(10-23(14-24-20(19)29)6-8-31-9-7-23)18(26-28)11-22(2,3)15-32-21(30)16-12-25-27(4)13-16/h12-13H,5-11,14-15H2,1-4H3,(H,24,29). The second-order valence-electron chi connectivity index (χ2n) is 9.88. The molecule has 0 aromatic carbocycles. The van der Waals surface area contributed by atoms with Gasteiger partial charge < -0.3 is 14.8 Å². The van der Waals surface area contributed by atoms with Gasteiger partial charge in [0.05, 0.1) is 24.1 Å². The molecule has 0 atom stereocenters. The van der Waals surface area contributed by atoms with Gasteiger partial charge in [0.2, 0.25) is 0 Å². The third-order valence-corrected chi connectivity index (χ3v) is 6.56. The number of rotatable bonds is 6. The number of ether oxygens (including phenoxy) is 2. The van der Waals surface area contributed by atoms with Crippen LogP contribution in [-0.2, 0) is 35.9 Å². The van der Waals surface area contributed by atoms with Gasteiger partial charge in [-0.05, 0) is 31.6 Å². The molecule has 4 heterocycles. The number of aromatic nitrogens is 4. The molecule has 1 amide bonds. The van der Waals surface area contributed by atoms with Crippen LogP contribution in [0.25, 0.3) is 0 Å². The number of amides is 1. The molecule has 2 aromatic heterocycles. The topological polar surface area (TPSA) is 100 Å². The summed E-state index contributed by atoms with van der Waals surface area (Å²) in [7, 11) is 1.76. The van der Waals surface area contributed by atoms with Crippen molar-refractivity contribution >= 4 is 11.9 Å². The second-order valence-corrected chi connectivity index (χ2v) is 9.88. The number of aryl methyl sites for hydroxylation is 2. The molecule has 1 saturated heterocycles. The van der Waals surface area contributed by atoms with E-state index in [2.05, 4.69) is 24.3 Å². The van der Waals surface area contributed by atoms with Crippen LogP contribution in [-0.4, -0.2) is 57.8 Å². The molecule has 9 heteroatoms. The van der Waals surface area contributed by atoms with Crippen LogP contribution in [0.5, 0.6) is 0 Å². The van der Waals surface area contributed by atoms with Crippen molar-refractivity contribution in [1.82, 2.24) is 24.9 Å². The maximum Gasteiger partial charge on any atom is 0.341 e. The molecule has 0 radical (unpaired) electrons. The molecule has 0 aliphatic carbocycles. The van der Waals surface area contributed by atoms with Gasteiger partial charge in [0.15, 0.2) is 0 Å². The molecule has 32 heavy (non-hydrogen) atoms. The van der Waals surface area contributed by atoms with Gasteiger partial charge in [-0.1, -0.05) is 13.8 Å². The van der Waals surface area contributed by atoms with Gasteiger partial charge >= 0.3 is 5.97 Å². The molecule has 1 spiro atoms. The zero-order valence-corrected chi connectivity index (χ0v) is 19.4. The number of carbonyl (C=O) groups is 2. The maximum absolute atomic E-state index is 13.0. The summed E-state index contributed by atoms with van der Waals surface area (Å²) in [5.41, 5.74) is 2.73. The fourth-order valence-electron chi connectivity index (χ4n) is 4.68. The Morgan fingerprint density at radius 1 is 1.34 bits per heavy atom. The highest BCUT2D eigenvalue weighted by atomic mass is 16.5. The summed E-state index contributed by atoms with van der Waals surface area (Å²) < 4.78 is 14.6. The first-order valence-corrected chi connectivity index (χ1v) is 11.3. The number of nitrogens with one attached hydrogen (secondary N) is 1. The maximum atomic E-state index is 13.0. The number of hydrogen-bond donors (Lipinski definition) is 1. The van der Waals surface area contributed by atoms with Crippen LogP contribution in [0.4, 0.5) is 0 Å². The number of hydrogen-bond acceptors (Lipinski definition) is 6. The van der Waals surface area contributed by atoms with E-state index in [9.17, 15) is 9.59 Å². The van der Waals surface area contributed by atoms with E-state index in [0.717, 1.165) is 43.7 Å². The van der Waals surface area contributed by atoms with E-state index < -0.39 is 0 Å². The minimum atomic E-state index is -0.385. The number of esters is 1. The monoisotopic (exact) mass is 443 g/mol. The van der Waals surface area contributed by atoms with Gasteiger partial charge in [0.25, 0.3) is 5.91 Å². The summed E-state index contributed by atoms with van der Waals surface area (Å²) in [5, 5.41) is 12.0. The SMILES string of the molecule is CCn1nc(CC(C)(C)COC(=O)c2cnn(C)c2)c2c1C(=O)NCC1(CCOCC1)C2. The molecule has 174 valence electrons. The van der Waals surface area contributed by atoms with Crippen molar-refractivity contribution in [3.63, 3.8) is 0 Å². The van der Waals surface area contributed by atoms with Crippen molar-refractivity contribution < 1.29 is 19.1 Å². The molecule has 4 rings (SSSR count). The van der Waals surface area contributed by atoms with E-state index in [-0.39, 0.29) is 29.3 Å². The van der Waals surface area contributed by atoms with Crippen LogP contribution in [0.15, 0.2) is 12.4 Å².